The first-order chi connectivity index (χ1) is 12.5. The van der Waals surface area contributed by atoms with E-state index in [9.17, 15) is 9.59 Å². The van der Waals surface area contributed by atoms with E-state index >= 15 is 0 Å². The molecule has 0 radical (unpaired) electrons. The number of hydrogen-bond donors (Lipinski definition) is 2. The summed E-state index contributed by atoms with van der Waals surface area (Å²) in [5.74, 6) is -1.07. The summed E-state index contributed by atoms with van der Waals surface area (Å²) < 4.78 is 2.09. The molecule has 1 aliphatic rings. The van der Waals surface area contributed by atoms with Crippen LogP contribution in [0, 0.1) is 0 Å². The number of fused-ring (bicyclic) bond motifs is 1. The fraction of sp³-hybridized carbons (Fsp3) is 0.500. The van der Waals surface area contributed by atoms with Crippen molar-refractivity contribution in [2.24, 2.45) is 7.05 Å². The summed E-state index contributed by atoms with van der Waals surface area (Å²) in [7, 11) is 5.99. The number of carbonyl (C=O) groups is 2. The smallest absolute Gasteiger partial charge is 0.309 e. The number of nitrogens with one attached hydrogen (secondary N) is 2. The number of para-hydroxylation sites is 1. The van der Waals surface area contributed by atoms with E-state index in [2.05, 4.69) is 38.4 Å². The van der Waals surface area contributed by atoms with Crippen molar-refractivity contribution >= 4 is 22.7 Å². The summed E-state index contributed by atoms with van der Waals surface area (Å²) in [6.45, 7) is 0.387. The second-order valence-corrected chi connectivity index (χ2v) is 7.36. The van der Waals surface area contributed by atoms with Gasteiger partial charge >= 0.3 is 11.8 Å². The van der Waals surface area contributed by atoms with E-state index < -0.39 is 11.8 Å². The molecular weight excluding hydrogens is 328 g/mol. The van der Waals surface area contributed by atoms with Gasteiger partial charge in [-0.25, -0.2) is 0 Å². The third kappa shape index (κ3) is 3.90. The van der Waals surface area contributed by atoms with Gasteiger partial charge in [-0.3, -0.25) is 9.59 Å². The van der Waals surface area contributed by atoms with Gasteiger partial charge in [0, 0.05) is 36.7 Å². The number of aryl methyl sites for hydroxylation is 1. The van der Waals surface area contributed by atoms with Gasteiger partial charge in [0.2, 0.25) is 0 Å². The zero-order chi connectivity index (χ0) is 18.7. The Hall–Kier alpha value is -2.34. The first-order valence-corrected chi connectivity index (χ1v) is 9.26. The molecule has 26 heavy (non-hydrogen) atoms. The monoisotopic (exact) mass is 356 g/mol. The number of carbonyl (C=O) groups excluding carboxylic acids is 2. The van der Waals surface area contributed by atoms with Gasteiger partial charge in [0.05, 0.1) is 6.04 Å². The van der Waals surface area contributed by atoms with Crippen LogP contribution in [0.5, 0.6) is 0 Å². The highest BCUT2D eigenvalue weighted by molar-refractivity contribution is 6.35. The van der Waals surface area contributed by atoms with Crippen LogP contribution in [-0.4, -0.2) is 48.0 Å². The predicted octanol–water partition coefficient (Wildman–Crippen LogP) is 1.96. The van der Waals surface area contributed by atoms with Crippen LogP contribution in [-0.2, 0) is 16.6 Å². The van der Waals surface area contributed by atoms with E-state index in [1.54, 1.807) is 0 Å². The topological polar surface area (TPSA) is 66.4 Å². The summed E-state index contributed by atoms with van der Waals surface area (Å²) in [4.78, 5) is 26.4. The molecular formula is C20H28N4O2. The highest BCUT2D eigenvalue weighted by atomic mass is 16.2. The fourth-order valence-corrected chi connectivity index (χ4v) is 3.80. The summed E-state index contributed by atoms with van der Waals surface area (Å²) in [5, 5.41) is 6.81. The molecule has 1 atom stereocenters. The summed E-state index contributed by atoms with van der Waals surface area (Å²) in [6, 6.07) is 8.35. The summed E-state index contributed by atoms with van der Waals surface area (Å²) in [6.07, 6.45) is 6.28. The Labute approximate surface area is 154 Å². The van der Waals surface area contributed by atoms with Crippen LogP contribution in [0.1, 0.15) is 37.3 Å². The molecule has 0 spiro atoms. The lowest BCUT2D eigenvalue weighted by Gasteiger charge is -2.24. The molecule has 1 aromatic heterocycles. The van der Waals surface area contributed by atoms with Crippen LogP contribution in [0.15, 0.2) is 30.5 Å². The highest BCUT2D eigenvalue weighted by Crippen LogP contribution is 2.28. The Bertz CT molecular complexity index is 790. The van der Waals surface area contributed by atoms with Crippen LogP contribution in [0.2, 0.25) is 0 Å². The van der Waals surface area contributed by atoms with Crippen LogP contribution >= 0.6 is 0 Å². The van der Waals surface area contributed by atoms with Gasteiger partial charge in [-0.1, -0.05) is 31.0 Å². The van der Waals surface area contributed by atoms with E-state index in [-0.39, 0.29) is 12.1 Å². The molecule has 0 saturated heterocycles. The van der Waals surface area contributed by atoms with Crippen molar-refractivity contribution in [1.82, 2.24) is 20.1 Å². The minimum absolute atomic E-state index is 0.00988. The van der Waals surface area contributed by atoms with Crippen LogP contribution in [0.3, 0.4) is 0 Å². The molecule has 1 heterocycles. The maximum Gasteiger partial charge on any atom is 0.309 e. The zero-order valence-electron chi connectivity index (χ0n) is 15.8. The zero-order valence-corrected chi connectivity index (χ0v) is 15.8. The van der Waals surface area contributed by atoms with Gasteiger partial charge in [0.1, 0.15) is 0 Å². The van der Waals surface area contributed by atoms with E-state index in [0.717, 1.165) is 36.8 Å². The molecule has 2 N–H and O–H groups in total. The maximum atomic E-state index is 12.2. The number of aromatic nitrogens is 1. The first kappa shape index (κ1) is 18.5. The molecule has 1 aliphatic carbocycles. The molecule has 6 nitrogen and oxygen atoms in total. The van der Waals surface area contributed by atoms with Gasteiger partial charge in [0.15, 0.2) is 0 Å². The van der Waals surface area contributed by atoms with E-state index in [4.69, 9.17) is 0 Å². The fourth-order valence-electron chi connectivity index (χ4n) is 3.80. The van der Waals surface area contributed by atoms with Crippen LogP contribution in [0.25, 0.3) is 10.9 Å². The second kappa shape index (κ2) is 7.91. The van der Waals surface area contributed by atoms with Gasteiger partial charge < -0.3 is 20.1 Å². The minimum atomic E-state index is -0.552. The molecule has 0 bridgehead atoms. The number of nitrogens with zero attached hydrogens (tertiary/aromatic N) is 2. The second-order valence-electron chi connectivity index (χ2n) is 7.36. The van der Waals surface area contributed by atoms with Crippen LogP contribution < -0.4 is 10.6 Å². The Kier molecular flexibility index (Phi) is 5.61. The Balaban J connectivity index is 1.68. The van der Waals surface area contributed by atoms with Crippen molar-refractivity contribution in [2.75, 3.05) is 20.6 Å². The Morgan fingerprint density at radius 3 is 2.58 bits per heavy atom. The lowest BCUT2D eigenvalue weighted by atomic mass is 10.0. The molecule has 2 amide bonds. The normalized spacial score (nSPS) is 16.2. The lowest BCUT2D eigenvalue weighted by molar-refractivity contribution is -0.139. The van der Waals surface area contributed by atoms with E-state index in [1.165, 1.54) is 5.39 Å². The van der Waals surface area contributed by atoms with Crippen LogP contribution in [0.4, 0.5) is 0 Å². The van der Waals surface area contributed by atoms with Crippen molar-refractivity contribution in [3.05, 3.63) is 36.0 Å². The molecule has 2 aromatic rings. The third-order valence-electron chi connectivity index (χ3n) is 5.26. The predicted molar refractivity (Wildman–Crippen MR) is 103 cm³/mol. The minimum Gasteiger partial charge on any atom is -0.350 e. The van der Waals surface area contributed by atoms with Crippen molar-refractivity contribution in [3.8, 4) is 0 Å². The van der Waals surface area contributed by atoms with E-state index in [1.807, 2.05) is 33.3 Å². The third-order valence-corrected chi connectivity index (χ3v) is 5.26. The molecule has 1 unspecified atom stereocenters. The molecule has 1 saturated carbocycles. The Morgan fingerprint density at radius 1 is 1.19 bits per heavy atom. The average molecular weight is 356 g/mol. The molecule has 1 fully saturated rings. The number of hydrogen-bond acceptors (Lipinski definition) is 3. The van der Waals surface area contributed by atoms with Gasteiger partial charge in [-0.15, -0.1) is 0 Å². The van der Waals surface area contributed by atoms with Gasteiger partial charge in [-0.2, -0.15) is 0 Å². The molecule has 6 heteroatoms. The number of benzene rings is 1. The quantitative estimate of drug-likeness (QED) is 0.805. The average Bonchev–Trinajstić information content (AvgIpc) is 3.23. The SMILES string of the molecule is CN(C)C(CNC(=O)C(=O)NC1CCCC1)c1cn(C)c2ccccc12. The summed E-state index contributed by atoms with van der Waals surface area (Å²) >= 11 is 0. The summed E-state index contributed by atoms with van der Waals surface area (Å²) in [5.41, 5.74) is 2.30. The molecule has 140 valence electrons. The highest BCUT2D eigenvalue weighted by Gasteiger charge is 2.24. The Morgan fingerprint density at radius 2 is 1.88 bits per heavy atom. The number of amides is 2. The maximum absolute atomic E-state index is 12.2. The first-order valence-electron chi connectivity index (χ1n) is 9.26. The molecule has 1 aromatic carbocycles. The number of rotatable bonds is 5. The molecule has 3 rings (SSSR count). The van der Waals surface area contributed by atoms with E-state index in [0.29, 0.717) is 6.54 Å². The van der Waals surface area contributed by atoms with Gasteiger partial charge in [0.25, 0.3) is 0 Å². The standard InChI is InChI=1S/C20H28N4O2/c1-23(2)18(16-13-24(3)17-11-7-6-10-15(16)17)12-21-19(25)20(26)22-14-8-4-5-9-14/h6-7,10-11,13-14,18H,4-5,8-9,12H2,1-3H3,(H,21,25)(H,22,26). The van der Waals surface area contributed by atoms with Gasteiger partial charge in [-0.05, 0) is 38.6 Å². The lowest BCUT2D eigenvalue weighted by Crippen LogP contribution is -2.45. The van der Waals surface area contributed by atoms with Crippen molar-refractivity contribution < 1.29 is 9.59 Å². The molecule has 0 aliphatic heterocycles. The van der Waals surface area contributed by atoms with Crippen molar-refractivity contribution in [3.63, 3.8) is 0 Å². The van der Waals surface area contributed by atoms with Crippen molar-refractivity contribution in [2.45, 2.75) is 37.8 Å². The largest absolute Gasteiger partial charge is 0.350 e. The van der Waals surface area contributed by atoms with Crippen molar-refractivity contribution in [1.29, 1.82) is 0 Å². The number of likely N-dealkylation sites (N-methyl/N-ethyl adjacent to an activating group) is 1.